The van der Waals surface area contributed by atoms with Gasteiger partial charge in [0.15, 0.2) is 0 Å². The number of rotatable bonds is 5. The van der Waals surface area contributed by atoms with Gasteiger partial charge in [-0.3, -0.25) is 0 Å². The van der Waals surface area contributed by atoms with Crippen molar-refractivity contribution in [3.8, 4) is 5.75 Å². The van der Waals surface area contributed by atoms with Crippen molar-refractivity contribution >= 4 is 0 Å². The van der Waals surface area contributed by atoms with Crippen molar-refractivity contribution in [2.75, 3.05) is 13.7 Å². The van der Waals surface area contributed by atoms with E-state index in [1.54, 1.807) is 13.2 Å². The van der Waals surface area contributed by atoms with E-state index in [-0.39, 0.29) is 6.61 Å². The normalized spacial score (nSPS) is 10.7. The van der Waals surface area contributed by atoms with Crippen molar-refractivity contribution < 1.29 is 9.84 Å². The Hall–Kier alpha value is -1.28. The smallest absolute Gasteiger partial charge is 0.118 e. The third-order valence-electron chi connectivity index (χ3n) is 2.03. The monoisotopic (exact) mass is 192 g/mol. The molecule has 0 saturated heterocycles. The minimum absolute atomic E-state index is 0.128. The van der Waals surface area contributed by atoms with Crippen LogP contribution in [0.4, 0.5) is 0 Å². The van der Waals surface area contributed by atoms with Gasteiger partial charge in [-0.1, -0.05) is 24.3 Å². The molecule has 0 radical (unpaired) electrons. The van der Waals surface area contributed by atoms with E-state index in [0.717, 1.165) is 18.6 Å². The van der Waals surface area contributed by atoms with E-state index < -0.39 is 0 Å². The lowest BCUT2D eigenvalue weighted by Gasteiger charge is -2.01. The number of benzene rings is 1. The van der Waals surface area contributed by atoms with Crippen LogP contribution in [-0.2, 0) is 6.42 Å². The van der Waals surface area contributed by atoms with Crippen LogP contribution in [0.5, 0.6) is 5.75 Å². The van der Waals surface area contributed by atoms with Gasteiger partial charge in [-0.25, -0.2) is 0 Å². The zero-order valence-corrected chi connectivity index (χ0v) is 8.44. The van der Waals surface area contributed by atoms with Crippen LogP contribution in [0, 0.1) is 0 Å². The molecular weight excluding hydrogens is 176 g/mol. The second-order valence-electron chi connectivity index (χ2n) is 3.04. The van der Waals surface area contributed by atoms with Gasteiger partial charge in [0.1, 0.15) is 5.75 Å². The SMILES string of the molecule is COc1ccc(CC/C=C/CO)cc1. The molecule has 0 aromatic heterocycles. The molecule has 0 aliphatic heterocycles. The molecule has 1 aromatic carbocycles. The Morgan fingerprint density at radius 2 is 1.93 bits per heavy atom. The molecule has 1 rings (SSSR count). The van der Waals surface area contributed by atoms with Gasteiger partial charge in [-0.15, -0.1) is 0 Å². The number of allylic oxidation sites excluding steroid dienone is 1. The summed E-state index contributed by atoms with van der Waals surface area (Å²) in [6.45, 7) is 0.128. The Balaban J connectivity index is 2.40. The molecule has 0 unspecified atom stereocenters. The molecule has 0 atom stereocenters. The highest BCUT2D eigenvalue weighted by atomic mass is 16.5. The maximum absolute atomic E-state index is 8.53. The van der Waals surface area contributed by atoms with E-state index in [1.807, 2.05) is 18.2 Å². The van der Waals surface area contributed by atoms with Crippen molar-refractivity contribution in [1.82, 2.24) is 0 Å². The lowest BCUT2D eigenvalue weighted by molar-refractivity contribution is 0.342. The predicted octanol–water partition coefficient (Wildman–Crippen LogP) is 2.18. The summed E-state index contributed by atoms with van der Waals surface area (Å²) in [6.07, 6.45) is 5.72. The second kappa shape index (κ2) is 6.22. The van der Waals surface area contributed by atoms with Crippen LogP contribution in [0.15, 0.2) is 36.4 Å². The van der Waals surface area contributed by atoms with Crippen LogP contribution >= 0.6 is 0 Å². The lowest BCUT2D eigenvalue weighted by atomic mass is 10.1. The summed E-state index contributed by atoms with van der Waals surface area (Å²) in [5.74, 6) is 0.889. The van der Waals surface area contributed by atoms with E-state index in [4.69, 9.17) is 9.84 Å². The molecule has 0 saturated carbocycles. The van der Waals surface area contributed by atoms with E-state index in [9.17, 15) is 0 Å². The van der Waals surface area contributed by atoms with Gasteiger partial charge < -0.3 is 9.84 Å². The van der Waals surface area contributed by atoms with Crippen LogP contribution in [0.25, 0.3) is 0 Å². The summed E-state index contributed by atoms with van der Waals surface area (Å²) >= 11 is 0. The third kappa shape index (κ3) is 3.62. The first-order chi connectivity index (χ1) is 6.86. The molecule has 1 aromatic rings. The van der Waals surface area contributed by atoms with Gasteiger partial charge in [-0.2, -0.15) is 0 Å². The van der Waals surface area contributed by atoms with E-state index in [0.29, 0.717) is 0 Å². The van der Waals surface area contributed by atoms with Gasteiger partial charge >= 0.3 is 0 Å². The Labute approximate surface area is 84.8 Å². The molecule has 0 fully saturated rings. The summed E-state index contributed by atoms with van der Waals surface area (Å²) in [6, 6.07) is 8.05. The highest BCUT2D eigenvalue weighted by Crippen LogP contribution is 2.12. The summed E-state index contributed by atoms with van der Waals surface area (Å²) in [5.41, 5.74) is 1.29. The molecule has 2 nitrogen and oxygen atoms in total. The molecule has 0 aliphatic carbocycles. The summed E-state index contributed by atoms with van der Waals surface area (Å²) in [4.78, 5) is 0. The molecule has 0 spiro atoms. The maximum Gasteiger partial charge on any atom is 0.118 e. The first kappa shape index (κ1) is 10.8. The van der Waals surface area contributed by atoms with Gasteiger partial charge in [0.2, 0.25) is 0 Å². The van der Waals surface area contributed by atoms with E-state index in [1.165, 1.54) is 5.56 Å². The van der Waals surface area contributed by atoms with Gasteiger partial charge in [-0.05, 0) is 30.5 Å². The maximum atomic E-state index is 8.53. The molecule has 0 amide bonds. The number of ether oxygens (including phenoxy) is 1. The minimum Gasteiger partial charge on any atom is -0.497 e. The first-order valence-corrected chi connectivity index (χ1v) is 4.75. The zero-order chi connectivity index (χ0) is 10.2. The molecule has 0 aliphatic rings. The number of aliphatic hydroxyl groups is 1. The number of hydrogen-bond acceptors (Lipinski definition) is 2. The summed E-state index contributed by atoms with van der Waals surface area (Å²) in [5, 5.41) is 8.53. The fraction of sp³-hybridized carbons (Fsp3) is 0.333. The average molecular weight is 192 g/mol. The van der Waals surface area contributed by atoms with Crippen LogP contribution in [0.2, 0.25) is 0 Å². The van der Waals surface area contributed by atoms with Crippen molar-refractivity contribution in [3.05, 3.63) is 42.0 Å². The molecular formula is C12H16O2. The first-order valence-electron chi connectivity index (χ1n) is 4.75. The Morgan fingerprint density at radius 3 is 2.50 bits per heavy atom. The molecule has 1 N–H and O–H groups in total. The highest BCUT2D eigenvalue weighted by molar-refractivity contribution is 5.27. The number of aryl methyl sites for hydroxylation is 1. The fourth-order valence-electron chi connectivity index (χ4n) is 1.23. The van der Waals surface area contributed by atoms with E-state index >= 15 is 0 Å². The number of methoxy groups -OCH3 is 1. The van der Waals surface area contributed by atoms with Crippen LogP contribution in [0.1, 0.15) is 12.0 Å². The molecule has 2 heteroatoms. The Kier molecular flexibility index (Phi) is 4.79. The van der Waals surface area contributed by atoms with Gasteiger partial charge in [0.25, 0.3) is 0 Å². The molecule has 0 bridgehead atoms. The van der Waals surface area contributed by atoms with Gasteiger partial charge in [0.05, 0.1) is 13.7 Å². The van der Waals surface area contributed by atoms with Crippen LogP contribution in [0.3, 0.4) is 0 Å². The predicted molar refractivity (Wildman–Crippen MR) is 57.5 cm³/mol. The number of aliphatic hydroxyl groups excluding tert-OH is 1. The van der Waals surface area contributed by atoms with Crippen LogP contribution < -0.4 is 4.74 Å². The van der Waals surface area contributed by atoms with E-state index in [2.05, 4.69) is 12.1 Å². The summed E-state index contributed by atoms with van der Waals surface area (Å²) in [7, 11) is 1.67. The lowest BCUT2D eigenvalue weighted by Crippen LogP contribution is -1.85. The molecule has 14 heavy (non-hydrogen) atoms. The van der Waals surface area contributed by atoms with Crippen molar-refractivity contribution in [2.45, 2.75) is 12.8 Å². The number of hydrogen-bond donors (Lipinski definition) is 1. The quantitative estimate of drug-likeness (QED) is 0.724. The fourth-order valence-corrected chi connectivity index (χ4v) is 1.23. The van der Waals surface area contributed by atoms with Gasteiger partial charge in [0, 0.05) is 0 Å². The minimum atomic E-state index is 0.128. The van der Waals surface area contributed by atoms with Crippen LogP contribution in [-0.4, -0.2) is 18.8 Å². The van der Waals surface area contributed by atoms with Crippen molar-refractivity contribution in [1.29, 1.82) is 0 Å². The molecule has 76 valence electrons. The average Bonchev–Trinajstić information content (AvgIpc) is 2.25. The standard InChI is InChI=1S/C12H16O2/c1-14-12-8-6-11(7-9-12)5-3-2-4-10-13/h2,4,6-9,13H,3,5,10H2,1H3/b4-2+. The third-order valence-corrected chi connectivity index (χ3v) is 2.03. The highest BCUT2D eigenvalue weighted by Gasteiger charge is 1.92. The zero-order valence-electron chi connectivity index (χ0n) is 8.44. The summed E-state index contributed by atoms with van der Waals surface area (Å²) < 4.78 is 5.07. The second-order valence-corrected chi connectivity index (χ2v) is 3.04. The van der Waals surface area contributed by atoms with Crippen molar-refractivity contribution in [2.24, 2.45) is 0 Å². The topological polar surface area (TPSA) is 29.5 Å². The Bertz CT molecular complexity index is 275. The Morgan fingerprint density at radius 1 is 1.21 bits per heavy atom. The van der Waals surface area contributed by atoms with Crippen molar-refractivity contribution in [3.63, 3.8) is 0 Å². The molecule has 0 heterocycles. The largest absolute Gasteiger partial charge is 0.497 e.